The van der Waals surface area contributed by atoms with Crippen LogP contribution in [-0.4, -0.2) is 0 Å². The second kappa shape index (κ2) is 3.57. The Bertz CT molecular complexity index is 269. The maximum atomic E-state index is 13.1. The van der Waals surface area contributed by atoms with Crippen LogP contribution in [0.2, 0.25) is 0 Å². The van der Waals surface area contributed by atoms with Gasteiger partial charge in [0.2, 0.25) is 0 Å². The summed E-state index contributed by atoms with van der Waals surface area (Å²) in [4.78, 5) is 0. The van der Waals surface area contributed by atoms with Crippen molar-refractivity contribution in [2.45, 2.75) is 20.3 Å². The van der Waals surface area contributed by atoms with Crippen LogP contribution in [0.25, 0.3) is 0 Å². The maximum Gasteiger partial charge on any atom is 0.126 e. The molecular weight excluding hydrogens is 153 g/mol. The van der Waals surface area contributed by atoms with Crippen LogP contribution in [0.15, 0.2) is 18.2 Å². The number of hydrogen-bond donors (Lipinski definition) is 1. The molecule has 1 rings (SSSR count). The van der Waals surface area contributed by atoms with E-state index in [2.05, 4.69) is 13.8 Å². The summed E-state index contributed by atoms with van der Waals surface area (Å²) >= 11 is 0. The number of nitrogens with two attached hydrogens (primary N) is 1. The minimum atomic E-state index is -0.155. The van der Waals surface area contributed by atoms with Crippen molar-refractivity contribution in [3.05, 3.63) is 29.6 Å². The highest BCUT2D eigenvalue weighted by atomic mass is 19.1. The van der Waals surface area contributed by atoms with Crippen molar-refractivity contribution in [1.29, 1.82) is 0 Å². The highest BCUT2D eigenvalue weighted by molar-refractivity contribution is 5.41. The van der Waals surface area contributed by atoms with Crippen LogP contribution in [0.5, 0.6) is 0 Å². The van der Waals surface area contributed by atoms with Crippen molar-refractivity contribution in [3.63, 3.8) is 0 Å². The zero-order chi connectivity index (χ0) is 9.14. The lowest BCUT2D eigenvalue weighted by atomic mass is 10.0. The van der Waals surface area contributed by atoms with Gasteiger partial charge in [-0.15, -0.1) is 0 Å². The molecular formula is C10H14FN. The van der Waals surface area contributed by atoms with Gasteiger partial charge in [0.25, 0.3) is 0 Å². The van der Waals surface area contributed by atoms with Gasteiger partial charge < -0.3 is 5.73 Å². The summed E-state index contributed by atoms with van der Waals surface area (Å²) in [5, 5.41) is 0. The Morgan fingerprint density at radius 1 is 1.42 bits per heavy atom. The van der Waals surface area contributed by atoms with Crippen molar-refractivity contribution >= 4 is 5.69 Å². The monoisotopic (exact) mass is 167 g/mol. The molecule has 2 heteroatoms. The Labute approximate surface area is 72.4 Å². The fraction of sp³-hybridized carbons (Fsp3) is 0.400. The van der Waals surface area contributed by atoms with E-state index in [0.29, 0.717) is 17.2 Å². The van der Waals surface area contributed by atoms with E-state index in [1.807, 2.05) is 0 Å². The first kappa shape index (κ1) is 9.04. The number of hydrogen-bond acceptors (Lipinski definition) is 1. The molecule has 0 fully saturated rings. The molecule has 0 aromatic heterocycles. The van der Waals surface area contributed by atoms with Gasteiger partial charge in [-0.3, -0.25) is 0 Å². The summed E-state index contributed by atoms with van der Waals surface area (Å²) in [6.45, 7) is 4.12. The van der Waals surface area contributed by atoms with E-state index in [1.165, 1.54) is 6.07 Å². The molecule has 0 heterocycles. The smallest absolute Gasteiger partial charge is 0.126 e. The maximum absolute atomic E-state index is 13.1. The molecule has 2 N–H and O–H groups in total. The second-order valence-corrected chi connectivity index (χ2v) is 3.45. The first-order valence-electron chi connectivity index (χ1n) is 4.13. The standard InChI is InChI=1S/C10H14FN/c1-7(2)5-8-6-9(12)3-4-10(8)11/h3-4,6-7H,5,12H2,1-2H3. The molecule has 0 saturated carbocycles. The summed E-state index contributed by atoms with van der Waals surface area (Å²) in [6.07, 6.45) is 0.747. The lowest BCUT2D eigenvalue weighted by Crippen LogP contribution is -1.98. The van der Waals surface area contributed by atoms with Crippen LogP contribution in [0.3, 0.4) is 0 Å². The fourth-order valence-electron chi connectivity index (χ4n) is 1.19. The number of nitrogen functional groups attached to an aromatic ring is 1. The number of benzene rings is 1. The van der Waals surface area contributed by atoms with Crippen LogP contribution in [-0.2, 0) is 6.42 Å². The average molecular weight is 167 g/mol. The predicted octanol–water partition coefficient (Wildman–Crippen LogP) is 2.61. The molecule has 0 spiro atoms. The Morgan fingerprint density at radius 2 is 2.08 bits per heavy atom. The molecule has 0 aliphatic carbocycles. The first-order chi connectivity index (χ1) is 5.59. The SMILES string of the molecule is CC(C)Cc1cc(N)ccc1F. The summed E-state index contributed by atoms with van der Waals surface area (Å²) in [5.74, 6) is 0.305. The lowest BCUT2D eigenvalue weighted by molar-refractivity contribution is 0.574. The third-order valence-corrected chi connectivity index (χ3v) is 1.70. The molecule has 0 radical (unpaired) electrons. The zero-order valence-corrected chi connectivity index (χ0v) is 7.47. The van der Waals surface area contributed by atoms with Crippen molar-refractivity contribution in [3.8, 4) is 0 Å². The molecule has 0 unspecified atom stereocenters. The zero-order valence-electron chi connectivity index (χ0n) is 7.47. The van der Waals surface area contributed by atoms with Gasteiger partial charge in [0.1, 0.15) is 5.82 Å². The van der Waals surface area contributed by atoms with Gasteiger partial charge in [-0.05, 0) is 36.1 Å². The predicted molar refractivity (Wildman–Crippen MR) is 49.4 cm³/mol. The van der Waals surface area contributed by atoms with Gasteiger partial charge in [-0.1, -0.05) is 13.8 Å². The van der Waals surface area contributed by atoms with Crippen LogP contribution >= 0.6 is 0 Å². The van der Waals surface area contributed by atoms with E-state index in [0.717, 1.165) is 6.42 Å². The largest absolute Gasteiger partial charge is 0.399 e. The molecule has 0 bridgehead atoms. The Balaban J connectivity index is 2.90. The molecule has 0 amide bonds. The molecule has 1 aromatic rings. The molecule has 66 valence electrons. The lowest BCUT2D eigenvalue weighted by Gasteiger charge is -2.06. The van der Waals surface area contributed by atoms with Gasteiger partial charge in [-0.2, -0.15) is 0 Å². The third kappa shape index (κ3) is 2.22. The second-order valence-electron chi connectivity index (χ2n) is 3.45. The minimum absolute atomic E-state index is 0.155. The normalized spacial score (nSPS) is 10.7. The van der Waals surface area contributed by atoms with Crippen LogP contribution in [0.4, 0.5) is 10.1 Å². The third-order valence-electron chi connectivity index (χ3n) is 1.70. The molecule has 1 aromatic carbocycles. The summed E-state index contributed by atoms with van der Waals surface area (Å²) in [6, 6.07) is 4.71. The van der Waals surface area contributed by atoms with Crippen LogP contribution in [0, 0.1) is 11.7 Å². The van der Waals surface area contributed by atoms with Crippen LogP contribution in [0.1, 0.15) is 19.4 Å². The van der Waals surface area contributed by atoms with E-state index in [4.69, 9.17) is 5.73 Å². The molecule has 0 saturated heterocycles. The topological polar surface area (TPSA) is 26.0 Å². The molecule has 0 aliphatic rings. The van der Waals surface area contributed by atoms with Crippen molar-refractivity contribution < 1.29 is 4.39 Å². The molecule has 0 atom stereocenters. The van der Waals surface area contributed by atoms with Gasteiger partial charge in [0.05, 0.1) is 0 Å². The van der Waals surface area contributed by atoms with Crippen molar-refractivity contribution in [2.75, 3.05) is 5.73 Å². The number of anilines is 1. The van der Waals surface area contributed by atoms with E-state index in [-0.39, 0.29) is 5.82 Å². The van der Waals surface area contributed by atoms with Gasteiger partial charge >= 0.3 is 0 Å². The molecule has 0 aliphatic heterocycles. The van der Waals surface area contributed by atoms with E-state index >= 15 is 0 Å². The minimum Gasteiger partial charge on any atom is -0.399 e. The number of halogens is 1. The highest BCUT2D eigenvalue weighted by Gasteiger charge is 2.04. The summed E-state index contributed by atoms with van der Waals surface area (Å²) < 4.78 is 13.1. The van der Waals surface area contributed by atoms with Crippen molar-refractivity contribution in [1.82, 2.24) is 0 Å². The highest BCUT2D eigenvalue weighted by Crippen LogP contribution is 2.15. The summed E-state index contributed by atoms with van der Waals surface area (Å²) in [5.41, 5.74) is 6.88. The summed E-state index contributed by atoms with van der Waals surface area (Å²) in [7, 11) is 0. The van der Waals surface area contributed by atoms with E-state index < -0.39 is 0 Å². The van der Waals surface area contributed by atoms with Gasteiger partial charge in [-0.25, -0.2) is 4.39 Å². The van der Waals surface area contributed by atoms with Gasteiger partial charge in [0.15, 0.2) is 0 Å². The molecule has 12 heavy (non-hydrogen) atoms. The first-order valence-corrected chi connectivity index (χ1v) is 4.13. The Kier molecular flexibility index (Phi) is 2.69. The quantitative estimate of drug-likeness (QED) is 0.673. The fourth-order valence-corrected chi connectivity index (χ4v) is 1.19. The van der Waals surface area contributed by atoms with E-state index in [9.17, 15) is 4.39 Å². The van der Waals surface area contributed by atoms with E-state index in [1.54, 1.807) is 12.1 Å². The average Bonchev–Trinajstić information content (AvgIpc) is 1.96. The Hall–Kier alpha value is -1.05. The van der Waals surface area contributed by atoms with Crippen molar-refractivity contribution in [2.24, 2.45) is 5.92 Å². The number of rotatable bonds is 2. The van der Waals surface area contributed by atoms with Crippen LogP contribution < -0.4 is 5.73 Å². The Morgan fingerprint density at radius 3 is 2.67 bits per heavy atom. The van der Waals surface area contributed by atoms with Gasteiger partial charge in [0, 0.05) is 5.69 Å². The molecule has 1 nitrogen and oxygen atoms in total.